The number of hydrogen-bond acceptors (Lipinski definition) is 2. The molecule has 2 aromatic carbocycles. The van der Waals surface area contributed by atoms with Gasteiger partial charge in [0, 0.05) is 12.1 Å². The fourth-order valence-corrected chi connectivity index (χ4v) is 2.43. The molecule has 0 aliphatic heterocycles. The van der Waals surface area contributed by atoms with Gasteiger partial charge in [0.05, 0.1) is 4.47 Å². The third kappa shape index (κ3) is 3.81. The normalized spacial score (nSPS) is 12.2. The van der Waals surface area contributed by atoms with Crippen molar-refractivity contribution in [3.05, 3.63) is 58.3 Å². The molecule has 0 saturated heterocycles. The lowest BCUT2D eigenvalue weighted by Gasteiger charge is -2.15. The largest absolute Gasteiger partial charge is 0.456 e. The lowest BCUT2D eigenvalue weighted by atomic mass is 10.1. The second kappa shape index (κ2) is 6.86. The smallest absolute Gasteiger partial charge is 0.141 e. The van der Waals surface area contributed by atoms with Crippen LogP contribution in [0.5, 0.6) is 11.5 Å². The third-order valence-electron chi connectivity index (χ3n) is 2.99. The molecule has 2 aromatic rings. The van der Waals surface area contributed by atoms with Crippen molar-refractivity contribution in [3.63, 3.8) is 0 Å². The van der Waals surface area contributed by atoms with Crippen LogP contribution in [0.15, 0.2) is 46.9 Å². The van der Waals surface area contributed by atoms with Gasteiger partial charge in [-0.2, -0.15) is 0 Å². The van der Waals surface area contributed by atoms with Gasteiger partial charge in [0.15, 0.2) is 0 Å². The molecule has 0 bridgehead atoms. The SMILES string of the molecule is CCNC(C)c1ccc(Oc2cccc(F)c2)c(Br)c1. The molecule has 1 atom stereocenters. The summed E-state index contributed by atoms with van der Waals surface area (Å²) < 4.78 is 19.7. The van der Waals surface area contributed by atoms with E-state index in [2.05, 4.69) is 35.1 Å². The molecule has 1 unspecified atom stereocenters. The van der Waals surface area contributed by atoms with Crippen LogP contribution in [0.2, 0.25) is 0 Å². The van der Waals surface area contributed by atoms with Crippen molar-refractivity contribution in [2.75, 3.05) is 6.54 Å². The van der Waals surface area contributed by atoms with Crippen LogP contribution < -0.4 is 10.1 Å². The Morgan fingerprint density at radius 2 is 2.05 bits per heavy atom. The van der Waals surface area contributed by atoms with Gasteiger partial charge in [-0.05, 0) is 59.2 Å². The molecule has 0 heterocycles. The minimum atomic E-state index is -0.309. The molecule has 0 spiro atoms. The standard InChI is InChI=1S/C16H17BrFNO/c1-3-19-11(2)12-7-8-16(15(17)9-12)20-14-6-4-5-13(18)10-14/h4-11,19H,3H2,1-2H3. The van der Waals surface area contributed by atoms with E-state index in [9.17, 15) is 4.39 Å². The van der Waals surface area contributed by atoms with Crippen molar-refractivity contribution in [1.82, 2.24) is 5.32 Å². The maximum Gasteiger partial charge on any atom is 0.141 e. The van der Waals surface area contributed by atoms with E-state index in [-0.39, 0.29) is 11.9 Å². The summed E-state index contributed by atoms with van der Waals surface area (Å²) in [7, 11) is 0. The zero-order valence-corrected chi connectivity index (χ0v) is 13.1. The summed E-state index contributed by atoms with van der Waals surface area (Å²) in [5.74, 6) is 0.845. The maximum atomic E-state index is 13.1. The van der Waals surface area contributed by atoms with Gasteiger partial charge in [-0.15, -0.1) is 0 Å². The van der Waals surface area contributed by atoms with E-state index in [1.165, 1.54) is 17.7 Å². The molecule has 0 aliphatic rings. The molecule has 0 radical (unpaired) electrons. The molecule has 20 heavy (non-hydrogen) atoms. The lowest BCUT2D eigenvalue weighted by molar-refractivity contribution is 0.473. The zero-order valence-electron chi connectivity index (χ0n) is 11.5. The monoisotopic (exact) mass is 337 g/mol. The van der Waals surface area contributed by atoms with Crippen LogP contribution in [0.25, 0.3) is 0 Å². The molecule has 0 fully saturated rings. The molecular weight excluding hydrogens is 321 g/mol. The average molecular weight is 338 g/mol. The summed E-state index contributed by atoms with van der Waals surface area (Å²) in [6.07, 6.45) is 0. The number of benzene rings is 2. The fourth-order valence-electron chi connectivity index (χ4n) is 1.95. The van der Waals surface area contributed by atoms with Crippen molar-refractivity contribution in [2.45, 2.75) is 19.9 Å². The Hall–Kier alpha value is -1.39. The molecule has 0 amide bonds. The molecule has 0 aliphatic carbocycles. The molecule has 1 N–H and O–H groups in total. The molecule has 106 valence electrons. The molecule has 0 aromatic heterocycles. The lowest BCUT2D eigenvalue weighted by Crippen LogP contribution is -2.17. The molecular formula is C16H17BrFNO. The molecule has 4 heteroatoms. The van der Waals surface area contributed by atoms with Crippen LogP contribution in [0.1, 0.15) is 25.5 Å². The van der Waals surface area contributed by atoms with E-state index >= 15 is 0 Å². The summed E-state index contributed by atoms with van der Waals surface area (Å²) in [6, 6.07) is 12.3. The second-order valence-electron chi connectivity index (χ2n) is 4.53. The number of rotatable bonds is 5. The van der Waals surface area contributed by atoms with Crippen LogP contribution in [0.3, 0.4) is 0 Å². The summed E-state index contributed by atoms with van der Waals surface area (Å²) in [5.41, 5.74) is 1.17. The summed E-state index contributed by atoms with van der Waals surface area (Å²) >= 11 is 3.50. The third-order valence-corrected chi connectivity index (χ3v) is 3.61. The Labute approximate surface area is 127 Å². The Balaban J connectivity index is 2.17. The molecule has 0 saturated carbocycles. The van der Waals surface area contributed by atoms with Crippen molar-refractivity contribution < 1.29 is 9.13 Å². The van der Waals surface area contributed by atoms with E-state index < -0.39 is 0 Å². The van der Waals surface area contributed by atoms with Crippen LogP contribution in [0, 0.1) is 5.82 Å². The van der Waals surface area contributed by atoms with Crippen LogP contribution in [-0.4, -0.2) is 6.54 Å². The Morgan fingerprint density at radius 1 is 1.25 bits per heavy atom. The molecule has 2 rings (SSSR count). The van der Waals surface area contributed by atoms with Crippen molar-refractivity contribution in [3.8, 4) is 11.5 Å². The summed E-state index contributed by atoms with van der Waals surface area (Å²) in [5, 5.41) is 3.35. The van der Waals surface area contributed by atoms with Gasteiger partial charge in [-0.3, -0.25) is 0 Å². The van der Waals surface area contributed by atoms with Crippen molar-refractivity contribution in [2.24, 2.45) is 0 Å². The zero-order chi connectivity index (χ0) is 14.5. The highest BCUT2D eigenvalue weighted by Gasteiger charge is 2.08. The topological polar surface area (TPSA) is 21.3 Å². The predicted octanol–water partition coefficient (Wildman–Crippen LogP) is 5.05. The predicted molar refractivity (Wildman–Crippen MR) is 82.7 cm³/mol. The van der Waals surface area contributed by atoms with Gasteiger partial charge in [-0.1, -0.05) is 19.1 Å². The van der Waals surface area contributed by atoms with Gasteiger partial charge in [0.2, 0.25) is 0 Å². The Kier molecular flexibility index (Phi) is 5.15. The van der Waals surface area contributed by atoms with Gasteiger partial charge >= 0.3 is 0 Å². The molecule has 2 nitrogen and oxygen atoms in total. The quantitative estimate of drug-likeness (QED) is 0.824. The number of ether oxygens (including phenoxy) is 1. The first-order valence-corrected chi connectivity index (χ1v) is 7.35. The highest BCUT2D eigenvalue weighted by Crippen LogP contribution is 2.32. The number of hydrogen-bond donors (Lipinski definition) is 1. The Bertz CT molecular complexity index is 588. The fraction of sp³-hybridized carbons (Fsp3) is 0.250. The summed E-state index contributed by atoms with van der Waals surface area (Å²) in [6.45, 7) is 5.10. The van der Waals surface area contributed by atoms with E-state index in [1.807, 2.05) is 18.2 Å². The maximum absolute atomic E-state index is 13.1. The van der Waals surface area contributed by atoms with Crippen molar-refractivity contribution >= 4 is 15.9 Å². The van der Waals surface area contributed by atoms with E-state index in [1.54, 1.807) is 12.1 Å². The van der Waals surface area contributed by atoms with Crippen LogP contribution >= 0.6 is 15.9 Å². The van der Waals surface area contributed by atoms with Crippen LogP contribution in [0.4, 0.5) is 4.39 Å². The first-order valence-electron chi connectivity index (χ1n) is 6.56. The average Bonchev–Trinajstić information content (AvgIpc) is 2.41. The Morgan fingerprint density at radius 3 is 2.70 bits per heavy atom. The minimum Gasteiger partial charge on any atom is -0.456 e. The van der Waals surface area contributed by atoms with Gasteiger partial charge in [-0.25, -0.2) is 4.39 Å². The number of nitrogens with one attached hydrogen (secondary N) is 1. The summed E-state index contributed by atoms with van der Waals surface area (Å²) in [4.78, 5) is 0. The minimum absolute atomic E-state index is 0.277. The number of halogens is 2. The van der Waals surface area contributed by atoms with Gasteiger partial charge in [0.1, 0.15) is 17.3 Å². The van der Waals surface area contributed by atoms with Crippen LogP contribution in [-0.2, 0) is 0 Å². The first kappa shape index (κ1) is 15.0. The van der Waals surface area contributed by atoms with E-state index in [4.69, 9.17) is 4.74 Å². The van der Waals surface area contributed by atoms with Gasteiger partial charge in [0.25, 0.3) is 0 Å². The first-order chi connectivity index (χ1) is 9.60. The van der Waals surface area contributed by atoms with E-state index in [0.717, 1.165) is 11.0 Å². The van der Waals surface area contributed by atoms with E-state index in [0.29, 0.717) is 11.5 Å². The van der Waals surface area contributed by atoms with Crippen molar-refractivity contribution in [1.29, 1.82) is 0 Å². The highest BCUT2D eigenvalue weighted by atomic mass is 79.9. The second-order valence-corrected chi connectivity index (χ2v) is 5.38. The highest BCUT2D eigenvalue weighted by molar-refractivity contribution is 9.10. The van der Waals surface area contributed by atoms with Gasteiger partial charge < -0.3 is 10.1 Å².